The van der Waals surface area contributed by atoms with E-state index in [2.05, 4.69) is 15.2 Å². The van der Waals surface area contributed by atoms with Crippen LogP contribution in [0.1, 0.15) is 32.1 Å². The van der Waals surface area contributed by atoms with E-state index in [0.717, 1.165) is 19.3 Å². The number of amides is 2. The van der Waals surface area contributed by atoms with E-state index < -0.39 is 11.9 Å². The minimum Gasteiger partial charge on any atom is -0.370 e. The summed E-state index contributed by atoms with van der Waals surface area (Å²) >= 11 is 0. The molecule has 0 unspecified atom stereocenters. The van der Waals surface area contributed by atoms with Gasteiger partial charge in [0, 0.05) is 19.1 Å². The van der Waals surface area contributed by atoms with Crippen LogP contribution >= 0.6 is 0 Å². The summed E-state index contributed by atoms with van der Waals surface area (Å²) in [5.74, 6) is -0.541. The van der Waals surface area contributed by atoms with Crippen molar-refractivity contribution < 1.29 is 9.59 Å². The number of carbonyl (C=O) groups is 2. The van der Waals surface area contributed by atoms with Crippen molar-refractivity contribution in [1.82, 2.24) is 10.2 Å². The minimum atomic E-state index is -0.591. The van der Waals surface area contributed by atoms with E-state index in [1.165, 1.54) is 6.42 Å². The molecule has 2 atom stereocenters. The SMILES string of the molecule is NC(=O)[C@H]1CN(C2CCC2)[C@@H](CCCN=C(N)N)C(=O)N1. The molecule has 1 aliphatic heterocycles. The summed E-state index contributed by atoms with van der Waals surface area (Å²) in [5.41, 5.74) is 15.9. The minimum absolute atomic E-state index is 0.0627. The molecule has 0 radical (unpaired) electrons. The van der Waals surface area contributed by atoms with Gasteiger partial charge in [-0.2, -0.15) is 0 Å². The highest BCUT2D eigenvalue weighted by Gasteiger charge is 2.41. The Kier molecular flexibility index (Phi) is 5.00. The highest BCUT2D eigenvalue weighted by Crippen LogP contribution is 2.29. The van der Waals surface area contributed by atoms with E-state index in [1.807, 2.05) is 0 Å². The van der Waals surface area contributed by atoms with E-state index in [-0.39, 0.29) is 17.9 Å². The number of rotatable bonds is 6. The van der Waals surface area contributed by atoms with Gasteiger partial charge in [-0.3, -0.25) is 19.5 Å². The van der Waals surface area contributed by atoms with Gasteiger partial charge in [0.1, 0.15) is 6.04 Å². The maximum atomic E-state index is 12.2. The molecule has 21 heavy (non-hydrogen) atoms. The fourth-order valence-corrected chi connectivity index (χ4v) is 2.87. The molecule has 0 aromatic rings. The van der Waals surface area contributed by atoms with Crippen molar-refractivity contribution in [2.45, 2.75) is 50.2 Å². The number of nitrogens with two attached hydrogens (primary N) is 3. The van der Waals surface area contributed by atoms with Crippen molar-refractivity contribution in [3.05, 3.63) is 0 Å². The first-order valence-electron chi connectivity index (χ1n) is 7.40. The van der Waals surface area contributed by atoms with Crippen LogP contribution in [0.3, 0.4) is 0 Å². The van der Waals surface area contributed by atoms with Gasteiger partial charge in [-0.1, -0.05) is 6.42 Å². The van der Waals surface area contributed by atoms with Crippen LogP contribution in [-0.2, 0) is 9.59 Å². The third-order valence-electron chi connectivity index (χ3n) is 4.23. The van der Waals surface area contributed by atoms with Crippen molar-refractivity contribution in [2.75, 3.05) is 13.1 Å². The standard InChI is InChI=1S/C13H24N6O2/c14-11(20)9-7-19(8-3-1-4-8)10(12(21)18-9)5-2-6-17-13(15)16/h8-10H,1-7H2,(H2,14,20)(H,18,21)(H4,15,16,17)/t9-,10+/m1/s1. The third-order valence-corrected chi connectivity index (χ3v) is 4.23. The molecule has 1 heterocycles. The van der Waals surface area contributed by atoms with Gasteiger partial charge in [0.15, 0.2) is 5.96 Å². The molecule has 1 saturated carbocycles. The number of primary amides is 1. The predicted molar refractivity (Wildman–Crippen MR) is 79.2 cm³/mol. The molecule has 7 N–H and O–H groups in total. The second-order valence-corrected chi connectivity index (χ2v) is 5.71. The Hall–Kier alpha value is -1.83. The molecular formula is C13H24N6O2. The number of aliphatic imine (C=N–C) groups is 1. The van der Waals surface area contributed by atoms with E-state index in [9.17, 15) is 9.59 Å². The molecule has 118 valence electrons. The zero-order valence-electron chi connectivity index (χ0n) is 12.1. The second-order valence-electron chi connectivity index (χ2n) is 5.71. The molecule has 2 amide bonds. The van der Waals surface area contributed by atoms with E-state index >= 15 is 0 Å². The van der Waals surface area contributed by atoms with Gasteiger partial charge in [0.2, 0.25) is 11.8 Å². The summed E-state index contributed by atoms with van der Waals surface area (Å²) in [6, 6.07) is -0.432. The fraction of sp³-hybridized carbons (Fsp3) is 0.769. The van der Waals surface area contributed by atoms with E-state index in [1.54, 1.807) is 0 Å². The Morgan fingerprint density at radius 1 is 1.33 bits per heavy atom. The number of nitrogens with one attached hydrogen (secondary N) is 1. The van der Waals surface area contributed by atoms with Crippen LogP contribution < -0.4 is 22.5 Å². The second kappa shape index (κ2) is 6.75. The van der Waals surface area contributed by atoms with Crippen LogP contribution in [0.25, 0.3) is 0 Å². The molecule has 2 fully saturated rings. The topological polar surface area (TPSA) is 140 Å². The van der Waals surface area contributed by atoms with Gasteiger partial charge in [-0.25, -0.2) is 0 Å². The monoisotopic (exact) mass is 296 g/mol. The van der Waals surface area contributed by atoms with Gasteiger partial charge in [0.25, 0.3) is 0 Å². The zero-order chi connectivity index (χ0) is 15.4. The predicted octanol–water partition coefficient (Wildman–Crippen LogP) is -1.75. The first kappa shape index (κ1) is 15.6. The van der Waals surface area contributed by atoms with Crippen LogP contribution in [0, 0.1) is 0 Å². The summed E-state index contributed by atoms with van der Waals surface area (Å²) in [7, 11) is 0. The fourth-order valence-electron chi connectivity index (χ4n) is 2.87. The Balaban J connectivity index is 1.97. The molecular weight excluding hydrogens is 272 g/mol. The first-order chi connectivity index (χ1) is 9.99. The average Bonchev–Trinajstić information content (AvgIpc) is 2.33. The van der Waals surface area contributed by atoms with Crippen molar-refractivity contribution in [2.24, 2.45) is 22.2 Å². The molecule has 2 aliphatic rings. The van der Waals surface area contributed by atoms with Gasteiger partial charge >= 0.3 is 0 Å². The van der Waals surface area contributed by atoms with Gasteiger partial charge < -0.3 is 22.5 Å². The summed E-state index contributed by atoms with van der Waals surface area (Å²) in [4.78, 5) is 29.7. The Morgan fingerprint density at radius 2 is 2.05 bits per heavy atom. The molecule has 0 bridgehead atoms. The lowest BCUT2D eigenvalue weighted by Crippen LogP contribution is -2.66. The maximum Gasteiger partial charge on any atom is 0.241 e. The molecule has 8 heteroatoms. The molecule has 0 spiro atoms. The van der Waals surface area contributed by atoms with Crippen LogP contribution in [0.5, 0.6) is 0 Å². The maximum absolute atomic E-state index is 12.2. The summed E-state index contributed by atoms with van der Waals surface area (Å²) < 4.78 is 0. The third kappa shape index (κ3) is 3.84. The molecule has 0 aromatic carbocycles. The number of carbonyl (C=O) groups excluding carboxylic acids is 2. The largest absolute Gasteiger partial charge is 0.370 e. The van der Waals surface area contributed by atoms with E-state index in [0.29, 0.717) is 25.6 Å². The lowest BCUT2D eigenvalue weighted by atomic mass is 9.88. The number of guanidine groups is 1. The quantitative estimate of drug-likeness (QED) is 0.261. The summed E-state index contributed by atoms with van der Waals surface area (Å²) in [5, 5.41) is 2.71. The number of hydrogen-bond donors (Lipinski definition) is 4. The Bertz CT molecular complexity index is 430. The smallest absolute Gasteiger partial charge is 0.241 e. The average molecular weight is 296 g/mol. The number of hydrogen-bond acceptors (Lipinski definition) is 4. The highest BCUT2D eigenvalue weighted by atomic mass is 16.2. The van der Waals surface area contributed by atoms with Crippen LogP contribution in [-0.4, -0.2) is 53.9 Å². The van der Waals surface area contributed by atoms with Gasteiger partial charge in [-0.15, -0.1) is 0 Å². The molecule has 2 rings (SSSR count). The summed E-state index contributed by atoms with van der Waals surface area (Å²) in [6.07, 6.45) is 4.71. The van der Waals surface area contributed by atoms with Gasteiger partial charge in [0.05, 0.1) is 6.04 Å². The lowest BCUT2D eigenvalue weighted by molar-refractivity contribution is -0.138. The first-order valence-corrected chi connectivity index (χ1v) is 7.40. The van der Waals surface area contributed by atoms with Crippen molar-refractivity contribution in [1.29, 1.82) is 0 Å². The van der Waals surface area contributed by atoms with Crippen LogP contribution in [0.4, 0.5) is 0 Å². The lowest BCUT2D eigenvalue weighted by Gasteiger charge is -2.46. The summed E-state index contributed by atoms with van der Waals surface area (Å²) in [6.45, 7) is 1.00. The van der Waals surface area contributed by atoms with Crippen LogP contribution in [0.2, 0.25) is 0 Å². The molecule has 1 saturated heterocycles. The van der Waals surface area contributed by atoms with Crippen molar-refractivity contribution in [3.63, 3.8) is 0 Å². The molecule has 8 nitrogen and oxygen atoms in total. The highest BCUT2D eigenvalue weighted by molar-refractivity contribution is 5.90. The van der Waals surface area contributed by atoms with Gasteiger partial charge in [-0.05, 0) is 25.7 Å². The zero-order valence-corrected chi connectivity index (χ0v) is 12.1. The molecule has 0 aromatic heterocycles. The van der Waals surface area contributed by atoms with Crippen LogP contribution in [0.15, 0.2) is 4.99 Å². The van der Waals surface area contributed by atoms with Crippen molar-refractivity contribution in [3.8, 4) is 0 Å². The normalized spacial score (nSPS) is 26.8. The Morgan fingerprint density at radius 3 is 2.57 bits per heavy atom. The number of piperazine rings is 1. The van der Waals surface area contributed by atoms with E-state index in [4.69, 9.17) is 17.2 Å². The molecule has 1 aliphatic carbocycles. The Labute approximate surface area is 124 Å². The number of nitrogens with zero attached hydrogens (tertiary/aromatic N) is 2. The van der Waals surface area contributed by atoms with Crippen molar-refractivity contribution >= 4 is 17.8 Å².